The summed E-state index contributed by atoms with van der Waals surface area (Å²) in [4.78, 5) is 28.6. The van der Waals surface area contributed by atoms with E-state index >= 15 is 0 Å². The second-order valence-electron chi connectivity index (χ2n) is 7.09. The van der Waals surface area contributed by atoms with Crippen LogP contribution in [0.1, 0.15) is 22.8 Å². The molecule has 0 unspecified atom stereocenters. The maximum atomic E-state index is 13.7. The van der Waals surface area contributed by atoms with Gasteiger partial charge < -0.3 is 15.4 Å². The van der Waals surface area contributed by atoms with Crippen molar-refractivity contribution in [1.82, 2.24) is 0 Å². The van der Waals surface area contributed by atoms with E-state index in [2.05, 4.69) is 26.6 Å². The molecule has 2 heterocycles. The minimum atomic E-state index is -1.41. The van der Waals surface area contributed by atoms with Gasteiger partial charge in [0.1, 0.15) is 5.75 Å². The Balaban J connectivity index is 1.75. The van der Waals surface area contributed by atoms with E-state index in [1.165, 1.54) is 4.90 Å². The van der Waals surface area contributed by atoms with Crippen molar-refractivity contribution in [3.05, 3.63) is 82.3 Å². The lowest BCUT2D eigenvalue weighted by molar-refractivity contribution is -0.119. The lowest BCUT2D eigenvalue weighted by Gasteiger charge is -2.44. The van der Waals surface area contributed by atoms with Crippen molar-refractivity contribution in [2.75, 3.05) is 22.1 Å². The van der Waals surface area contributed by atoms with E-state index in [1.54, 1.807) is 30.3 Å². The summed E-state index contributed by atoms with van der Waals surface area (Å²) in [6, 6.07) is 20.0. The van der Waals surface area contributed by atoms with Gasteiger partial charge in [-0.1, -0.05) is 28.1 Å². The lowest BCUT2D eigenvalue weighted by Crippen LogP contribution is -2.61. The zero-order valence-electron chi connectivity index (χ0n) is 16.1. The molecule has 2 aliphatic rings. The Hall–Kier alpha value is -3.32. The van der Waals surface area contributed by atoms with E-state index in [-0.39, 0.29) is 11.8 Å². The van der Waals surface area contributed by atoms with Gasteiger partial charge in [-0.25, -0.2) is 0 Å². The summed E-state index contributed by atoms with van der Waals surface area (Å²) < 4.78 is 6.35. The van der Waals surface area contributed by atoms with Crippen LogP contribution in [-0.2, 0) is 10.5 Å². The SMILES string of the molecule is CCOc1ccc(N2C(=O)c3ccccc3N[C@]23C(=O)Nc2ccc(Br)cc23)cc1. The van der Waals surface area contributed by atoms with Gasteiger partial charge in [0.2, 0.25) is 5.66 Å². The first-order valence-electron chi connectivity index (χ1n) is 9.60. The molecule has 30 heavy (non-hydrogen) atoms. The fourth-order valence-corrected chi connectivity index (χ4v) is 4.44. The Morgan fingerprint density at radius 1 is 1.00 bits per heavy atom. The van der Waals surface area contributed by atoms with Crippen LogP contribution in [0.3, 0.4) is 0 Å². The normalized spacial score (nSPS) is 19.2. The first kappa shape index (κ1) is 18.7. The van der Waals surface area contributed by atoms with Crippen molar-refractivity contribution in [3.63, 3.8) is 0 Å². The second kappa shape index (κ2) is 6.88. The molecule has 0 aromatic heterocycles. The maximum absolute atomic E-state index is 13.7. The standard InChI is InChI=1S/C23H18BrN3O3/c1-2-30-16-10-8-15(9-11-16)27-21(28)17-5-3-4-6-19(17)26-23(27)18-13-14(24)7-12-20(18)25-22(23)29/h3-13,26H,2H2,1H3,(H,25,29)/t23-/m0/s1. The highest BCUT2D eigenvalue weighted by Gasteiger charge is 2.57. The highest BCUT2D eigenvalue weighted by atomic mass is 79.9. The molecule has 0 radical (unpaired) electrons. The summed E-state index contributed by atoms with van der Waals surface area (Å²) in [6.07, 6.45) is 0. The molecule has 3 aromatic carbocycles. The number of anilines is 3. The third-order valence-corrected chi connectivity index (χ3v) is 5.86. The Morgan fingerprint density at radius 3 is 2.53 bits per heavy atom. The minimum absolute atomic E-state index is 0.253. The molecule has 0 saturated carbocycles. The number of hydrogen-bond acceptors (Lipinski definition) is 4. The zero-order valence-corrected chi connectivity index (χ0v) is 17.7. The molecule has 0 fully saturated rings. The molecule has 150 valence electrons. The summed E-state index contributed by atoms with van der Waals surface area (Å²) in [5.41, 5.74) is 1.66. The molecule has 3 aromatic rings. The van der Waals surface area contributed by atoms with Crippen molar-refractivity contribution in [3.8, 4) is 5.75 Å². The van der Waals surface area contributed by atoms with Crippen LogP contribution in [0.5, 0.6) is 5.75 Å². The van der Waals surface area contributed by atoms with Crippen LogP contribution in [0.15, 0.2) is 71.2 Å². The zero-order chi connectivity index (χ0) is 20.9. The van der Waals surface area contributed by atoms with Gasteiger partial charge in [-0.05, 0) is 61.5 Å². The number of rotatable bonds is 3. The molecule has 2 aliphatic heterocycles. The van der Waals surface area contributed by atoms with E-state index in [9.17, 15) is 9.59 Å². The van der Waals surface area contributed by atoms with Crippen LogP contribution in [-0.4, -0.2) is 18.4 Å². The number of para-hydroxylation sites is 1. The van der Waals surface area contributed by atoms with Gasteiger partial charge in [0.05, 0.1) is 12.2 Å². The van der Waals surface area contributed by atoms with Gasteiger partial charge >= 0.3 is 0 Å². The molecule has 0 saturated heterocycles. The number of nitrogens with one attached hydrogen (secondary N) is 2. The highest BCUT2D eigenvalue weighted by molar-refractivity contribution is 9.10. The first-order valence-corrected chi connectivity index (χ1v) is 10.4. The summed E-state index contributed by atoms with van der Waals surface area (Å²) in [5.74, 6) is 0.135. The summed E-state index contributed by atoms with van der Waals surface area (Å²) in [6.45, 7) is 2.46. The van der Waals surface area contributed by atoms with Gasteiger partial charge in [-0.3, -0.25) is 14.5 Å². The first-order chi connectivity index (χ1) is 14.5. The summed E-state index contributed by atoms with van der Waals surface area (Å²) in [5, 5.41) is 6.29. The molecule has 7 heteroatoms. The quantitative estimate of drug-likeness (QED) is 0.589. The number of amides is 2. The minimum Gasteiger partial charge on any atom is -0.494 e. The molecule has 6 nitrogen and oxygen atoms in total. The smallest absolute Gasteiger partial charge is 0.276 e. The largest absolute Gasteiger partial charge is 0.494 e. The molecular weight excluding hydrogens is 446 g/mol. The van der Waals surface area contributed by atoms with Crippen LogP contribution < -0.4 is 20.3 Å². The number of nitrogens with zero attached hydrogens (tertiary/aromatic N) is 1. The number of ether oxygens (including phenoxy) is 1. The van der Waals surface area contributed by atoms with E-state index in [0.29, 0.717) is 40.5 Å². The van der Waals surface area contributed by atoms with Gasteiger partial charge in [-0.15, -0.1) is 0 Å². The van der Waals surface area contributed by atoms with Crippen molar-refractivity contribution >= 4 is 44.8 Å². The van der Waals surface area contributed by atoms with Crippen LogP contribution >= 0.6 is 15.9 Å². The van der Waals surface area contributed by atoms with E-state index in [4.69, 9.17) is 4.74 Å². The highest BCUT2D eigenvalue weighted by Crippen LogP contribution is 2.48. The van der Waals surface area contributed by atoms with Crippen LogP contribution in [0.4, 0.5) is 17.1 Å². The van der Waals surface area contributed by atoms with Crippen LogP contribution in [0.25, 0.3) is 0 Å². The van der Waals surface area contributed by atoms with Gasteiger partial charge in [0.15, 0.2) is 0 Å². The Labute approximate surface area is 182 Å². The monoisotopic (exact) mass is 463 g/mol. The Kier molecular flexibility index (Phi) is 4.29. The average Bonchev–Trinajstić information content (AvgIpc) is 3.01. The van der Waals surface area contributed by atoms with Gasteiger partial charge in [0, 0.05) is 27.1 Å². The molecule has 2 amide bonds. The van der Waals surface area contributed by atoms with Crippen LogP contribution in [0.2, 0.25) is 0 Å². The van der Waals surface area contributed by atoms with Gasteiger partial charge in [-0.2, -0.15) is 0 Å². The molecule has 1 atom stereocenters. The topological polar surface area (TPSA) is 70.7 Å². The number of benzene rings is 3. The van der Waals surface area contributed by atoms with E-state index in [0.717, 1.165) is 4.47 Å². The van der Waals surface area contributed by atoms with Gasteiger partial charge in [0.25, 0.3) is 11.8 Å². The predicted molar refractivity (Wildman–Crippen MR) is 119 cm³/mol. The molecule has 1 spiro atoms. The van der Waals surface area contributed by atoms with Crippen molar-refractivity contribution in [1.29, 1.82) is 0 Å². The Bertz CT molecular complexity index is 1180. The number of hydrogen-bond donors (Lipinski definition) is 2. The van der Waals surface area contributed by atoms with E-state index < -0.39 is 5.66 Å². The fraction of sp³-hybridized carbons (Fsp3) is 0.130. The maximum Gasteiger partial charge on any atom is 0.276 e. The molecular formula is C23H18BrN3O3. The second-order valence-corrected chi connectivity index (χ2v) is 8.01. The fourth-order valence-electron chi connectivity index (χ4n) is 4.08. The van der Waals surface area contributed by atoms with Crippen LogP contribution in [0, 0.1) is 0 Å². The van der Waals surface area contributed by atoms with Crippen molar-refractivity contribution < 1.29 is 14.3 Å². The number of fused-ring (bicyclic) bond motifs is 3. The number of halogens is 1. The average molecular weight is 464 g/mol. The van der Waals surface area contributed by atoms with Crippen molar-refractivity contribution in [2.45, 2.75) is 12.6 Å². The predicted octanol–water partition coefficient (Wildman–Crippen LogP) is 4.73. The number of carbonyl (C=O) groups excluding carboxylic acids is 2. The molecule has 5 rings (SSSR count). The third kappa shape index (κ3) is 2.62. The summed E-state index contributed by atoms with van der Waals surface area (Å²) >= 11 is 3.50. The molecule has 0 bridgehead atoms. The van der Waals surface area contributed by atoms with E-state index in [1.807, 2.05) is 43.3 Å². The lowest BCUT2D eigenvalue weighted by atomic mass is 9.92. The molecule has 2 N–H and O–H groups in total. The number of carbonyl (C=O) groups is 2. The Morgan fingerprint density at radius 2 is 1.77 bits per heavy atom. The summed E-state index contributed by atoms with van der Waals surface area (Å²) in [7, 11) is 0. The van der Waals surface area contributed by atoms with Crippen molar-refractivity contribution in [2.24, 2.45) is 0 Å². The third-order valence-electron chi connectivity index (χ3n) is 5.37. The molecule has 0 aliphatic carbocycles.